The van der Waals surface area contributed by atoms with Crippen molar-refractivity contribution >= 4 is 6.09 Å². The fraction of sp³-hybridized carbons (Fsp3) is 0.562. The number of nitrogens with one attached hydrogen (secondary N) is 1. The van der Waals surface area contributed by atoms with E-state index in [1.807, 2.05) is 30.3 Å². The number of carbonyl (C=O) groups excluding carboxylic acids is 1. The van der Waals surface area contributed by atoms with Gasteiger partial charge in [-0.2, -0.15) is 0 Å². The standard InChI is InChI=1S/C16H26N2O2/c1-3-4-8-11-17-12-13-18(2)16(19)20-14-15-9-6-5-7-10-15/h5-7,9-10,17H,3-4,8,11-14H2,1-2H3. The Morgan fingerprint density at radius 1 is 1.20 bits per heavy atom. The summed E-state index contributed by atoms with van der Waals surface area (Å²) in [5.41, 5.74) is 1.01. The van der Waals surface area contributed by atoms with E-state index in [0.717, 1.165) is 18.7 Å². The van der Waals surface area contributed by atoms with Crippen LogP contribution in [0.1, 0.15) is 31.7 Å². The molecule has 112 valence electrons. The normalized spacial score (nSPS) is 10.3. The quantitative estimate of drug-likeness (QED) is 0.706. The summed E-state index contributed by atoms with van der Waals surface area (Å²) in [6, 6.07) is 9.72. The van der Waals surface area contributed by atoms with Crippen molar-refractivity contribution in [3.63, 3.8) is 0 Å². The monoisotopic (exact) mass is 278 g/mol. The Morgan fingerprint density at radius 2 is 1.95 bits per heavy atom. The molecule has 0 fully saturated rings. The number of likely N-dealkylation sites (N-methyl/N-ethyl adjacent to an activating group) is 1. The van der Waals surface area contributed by atoms with E-state index in [4.69, 9.17) is 4.74 Å². The van der Waals surface area contributed by atoms with Crippen LogP contribution in [0.3, 0.4) is 0 Å². The van der Waals surface area contributed by atoms with Crippen molar-refractivity contribution in [2.24, 2.45) is 0 Å². The zero-order chi connectivity index (χ0) is 14.6. The maximum absolute atomic E-state index is 11.8. The van der Waals surface area contributed by atoms with E-state index in [1.165, 1.54) is 19.3 Å². The van der Waals surface area contributed by atoms with Crippen molar-refractivity contribution in [3.05, 3.63) is 35.9 Å². The highest BCUT2D eigenvalue weighted by Gasteiger charge is 2.09. The van der Waals surface area contributed by atoms with Gasteiger partial charge in [0.25, 0.3) is 0 Å². The molecule has 4 heteroatoms. The Morgan fingerprint density at radius 3 is 2.65 bits per heavy atom. The van der Waals surface area contributed by atoms with Gasteiger partial charge >= 0.3 is 6.09 Å². The second-order valence-corrected chi connectivity index (χ2v) is 4.92. The highest BCUT2D eigenvalue weighted by Crippen LogP contribution is 2.02. The zero-order valence-corrected chi connectivity index (χ0v) is 12.6. The van der Waals surface area contributed by atoms with Gasteiger partial charge in [-0.15, -0.1) is 0 Å². The van der Waals surface area contributed by atoms with Crippen molar-refractivity contribution in [1.29, 1.82) is 0 Å². The molecule has 1 aromatic rings. The Balaban J connectivity index is 2.10. The Bertz CT molecular complexity index is 368. The van der Waals surface area contributed by atoms with Gasteiger partial charge in [0.1, 0.15) is 6.61 Å². The summed E-state index contributed by atoms with van der Waals surface area (Å²) in [4.78, 5) is 13.4. The van der Waals surface area contributed by atoms with E-state index in [0.29, 0.717) is 13.2 Å². The second-order valence-electron chi connectivity index (χ2n) is 4.92. The summed E-state index contributed by atoms with van der Waals surface area (Å²) in [5.74, 6) is 0. The molecule has 0 aliphatic carbocycles. The number of amides is 1. The topological polar surface area (TPSA) is 41.6 Å². The third-order valence-electron chi connectivity index (χ3n) is 3.10. The molecule has 0 atom stereocenters. The van der Waals surface area contributed by atoms with Crippen LogP contribution in [-0.4, -0.2) is 37.7 Å². The van der Waals surface area contributed by atoms with Crippen LogP contribution in [0.15, 0.2) is 30.3 Å². The maximum atomic E-state index is 11.8. The van der Waals surface area contributed by atoms with E-state index >= 15 is 0 Å². The molecule has 20 heavy (non-hydrogen) atoms. The van der Waals surface area contributed by atoms with Crippen LogP contribution in [0.4, 0.5) is 4.79 Å². The summed E-state index contributed by atoms with van der Waals surface area (Å²) >= 11 is 0. The first-order chi connectivity index (χ1) is 9.74. The van der Waals surface area contributed by atoms with Crippen molar-refractivity contribution in [3.8, 4) is 0 Å². The Kier molecular flexibility index (Phi) is 8.47. The van der Waals surface area contributed by atoms with Crippen LogP contribution in [0.5, 0.6) is 0 Å². The lowest BCUT2D eigenvalue weighted by atomic mass is 10.2. The predicted octanol–water partition coefficient (Wildman–Crippen LogP) is 3.03. The Labute approximate surface area is 122 Å². The number of rotatable bonds is 9. The third-order valence-corrected chi connectivity index (χ3v) is 3.10. The predicted molar refractivity (Wildman–Crippen MR) is 81.7 cm³/mol. The van der Waals surface area contributed by atoms with Crippen LogP contribution >= 0.6 is 0 Å². The van der Waals surface area contributed by atoms with Gasteiger partial charge in [0.15, 0.2) is 0 Å². The number of ether oxygens (including phenoxy) is 1. The molecule has 0 saturated carbocycles. The van der Waals surface area contributed by atoms with E-state index in [2.05, 4.69) is 12.2 Å². The number of hydrogen-bond acceptors (Lipinski definition) is 3. The van der Waals surface area contributed by atoms with E-state index < -0.39 is 0 Å². The molecule has 0 spiro atoms. The molecule has 0 unspecified atom stereocenters. The van der Waals surface area contributed by atoms with E-state index in [9.17, 15) is 4.79 Å². The second kappa shape index (κ2) is 10.3. The fourth-order valence-electron chi connectivity index (χ4n) is 1.79. The first-order valence-corrected chi connectivity index (χ1v) is 7.36. The number of hydrogen-bond donors (Lipinski definition) is 1. The maximum Gasteiger partial charge on any atom is 0.409 e. The average molecular weight is 278 g/mol. The first kappa shape index (κ1) is 16.5. The third kappa shape index (κ3) is 7.14. The van der Waals surface area contributed by atoms with Crippen LogP contribution in [0.2, 0.25) is 0 Å². The number of unbranched alkanes of at least 4 members (excludes halogenated alkanes) is 2. The molecule has 1 amide bonds. The molecule has 4 nitrogen and oxygen atoms in total. The highest BCUT2D eigenvalue weighted by molar-refractivity contribution is 5.67. The summed E-state index contributed by atoms with van der Waals surface area (Å²) in [6.07, 6.45) is 3.40. The molecule has 1 N–H and O–H groups in total. The van der Waals surface area contributed by atoms with Gasteiger partial charge in [-0.05, 0) is 18.5 Å². The van der Waals surface area contributed by atoms with Gasteiger partial charge in [-0.3, -0.25) is 0 Å². The minimum absolute atomic E-state index is 0.274. The molecule has 1 aromatic carbocycles. The fourth-order valence-corrected chi connectivity index (χ4v) is 1.79. The molecule has 0 aliphatic heterocycles. The average Bonchev–Trinajstić information content (AvgIpc) is 2.49. The van der Waals surface area contributed by atoms with Crippen LogP contribution < -0.4 is 5.32 Å². The molecule has 1 rings (SSSR count). The zero-order valence-electron chi connectivity index (χ0n) is 12.6. The summed E-state index contributed by atoms with van der Waals surface area (Å²) < 4.78 is 5.24. The summed E-state index contributed by atoms with van der Waals surface area (Å²) in [7, 11) is 1.76. The van der Waals surface area contributed by atoms with Crippen molar-refractivity contribution < 1.29 is 9.53 Å². The first-order valence-electron chi connectivity index (χ1n) is 7.36. The molecule has 0 aromatic heterocycles. The van der Waals surface area contributed by atoms with Crippen molar-refractivity contribution in [2.45, 2.75) is 32.8 Å². The molecular weight excluding hydrogens is 252 g/mol. The molecule has 0 radical (unpaired) electrons. The smallest absolute Gasteiger partial charge is 0.409 e. The van der Waals surface area contributed by atoms with E-state index in [-0.39, 0.29) is 6.09 Å². The van der Waals surface area contributed by atoms with Gasteiger partial charge in [0.2, 0.25) is 0 Å². The minimum atomic E-state index is -0.274. The molecule has 0 bridgehead atoms. The number of carbonyl (C=O) groups is 1. The lowest BCUT2D eigenvalue weighted by Gasteiger charge is -2.17. The van der Waals surface area contributed by atoms with Gasteiger partial charge in [-0.1, -0.05) is 50.1 Å². The SMILES string of the molecule is CCCCCNCCN(C)C(=O)OCc1ccccc1. The lowest BCUT2D eigenvalue weighted by Crippen LogP contribution is -2.34. The van der Waals surface area contributed by atoms with Crippen molar-refractivity contribution in [1.82, 2.24) is 10.2 Å². The van der Waals surface area contributed by atoms with Crippen LogP contribution in [0, 0.1) is 0 Å². The van der Waals surface area contributed by atoms with Gasteiger partial charge in [0.05, 0.1) is 0 Å². The number of nitrogens with zero attached hydrogens (tertiary/aromatic N) is 1. The minimum Gasteiger partial charge on any atom is -0.445 e. The van der Waals surface area contributed by atoms with Gasteiger partial charge in [-0.25, -0.2) is 4.79 Å². The van der Waals surface area contributed by atoms with Gasteiger partial charge < -0.3 is 15.0 Å². The van der Waals surface area contributed by atoms with Crippen molar-refractivity contribution in [2.75, 3.05) is 26.7 Å². The molecule has 0 saturated heterocycles. The highest BCUT2D eigenvalue weighted by atomic mass is 16.6. The van der Waals surface area contributed by atoms with Crippen LogP contribution in [0.25, 0.3) is 0 Å². The molecule has 0 heterocycles. The molecular formula is C16H26N2O2. The molecule has 0 aliphatic rings. The summed E-state index contributed by atoms with van der Waals surface area (Å²) in [6.45, 7) is 5.01. The largest absolute Gasteiger partial charge is 0.445 e. The Hall–Kier alpha value is -1.55. The van der Waals surface area contributed by atoms with Gasteiger partial charge in [0, 0.05) is 20.1 Å². The van der Waals surface area contributed by atoms with Crippen LogP contribution in [-0.2, 0) is 11.3 Å². The van der Waals surface area contributed by atoms with E-state index in [1.54, 1.807) is 11.9 Å². The summed E-state index contributed by atoms with van der Waals surface area (Å²) in [5, 5.41) is 3.33. The number of benzene rings is 1. The lowest BCUT2D eigenvalue weighted by molar-refractivity contribution is 0.105.